The Morgan fingerprint density at radius 3 is 2.53 bits per heavy atom. The number of aromatic nitrogens is 9. The Balaban J connectivity index is 1.44. The second kappa shape index (κ2) is 13.0. The lowest BCUT2D eigenvalue weighted by atomic mass is 10.0. The van der Waals surface area contributed by atoms with Crippen LogP contribution >= 0.6 is 0 Å². The molecule has 4 aromatic heterocycles. The van der Waals surface area contributed by atoms with Crippen LogP contribution in [0.3, 0.4) is 0 Å². The molecule has 222 valence electrons. The second-order valence-electron chi connectivity index (χ2n) is 10.1. The molecule has 0 saturated carbocycles. The first-order valence-electron chi connectivity index (χ1n) is 13.8. The summed E-state index contributed by atoms with van der Waals surface area (Å²) in [5.74, 6) is 1.51. The van der Waals surface area contributed by atoms with Gasteiger partial charge in [-0.05, 0) is 29.7 Å². The molecule has 0 aliphatic heterocycles. The minimum Gasteiger partial charge on any atom is -0.486 e. The van der Waals surface area contributed by atoms with Gasteiger partial charge in [0.25, 0.3) is 0 Å². The molecule has 5 rings (SSSR count). The molecular weight excluding hydrogens is 570 g/mol. The average molecular weight is 603 g/mol. The Bertz CT molecular complexity index is 1860. The van der Waals surface area contributed by atoms with Gasteiger partial charge in [-0.1, -0.05) is 48.7 Å². The Morgan fingerprint density at radius 1 is 1.07 bits per heavy atom. The van der Waals surface area contributed by atoms with E-state index in [4.69, 9.17) is 14.7 Å². The predicted octanol–water partition coefficient (Wildman–Crippen LogP) is 2.35. The van der Waals surface area contributed by atoms with Crippen LogP contribution in [-0.4, -0.2) is 67.2 Å². The molecule has 14 heteroatoms. The van der Waals surface area contributed by atoms with Crippen molar-refractivity contribution in [3.8, 4) is 34.3 Å². The van der Waals surface area contributed by atoms with E-state index >= 15 is 0 Å². The first kappa shape index (κ1) is 29.6. The van der Waals surface area contributed by atoms with Crippen LogP contribution in [0, 0.1) is 6.92 Å². The van der Waals surface area contributed by atoms with Gasteiger partial charge in [0.15, 0.2) is 27.6 Å². The molecule has 0 spiro atoms. The van der Waals surface area contributed by atoms with Crippen molar-refractivity contribution < 1.29 is 18.1 Å². The molecule has 0 amide bonds. The third-order valence-electron chi connectivity index (χ3n) is 6.78. The summed E-state index contributed by atoms with van der Waals surface area (Å²) in [6.07, 6.45) is 8.79. The summed E-state index contributed by atoms with van der Waals surface area (Å²) in [6.45, 7) is 3.87. The van der Waals surface area contributed by atoms with Gasteiger partial charge < -0.3 is 4.74 Å². The summed E-state index contributed by atoms with van der Waals surface area (Å²) in [6, 6.07) is 11.6. The molecular formula is C29H32N9O4S+. The Morgan fingerprint density at radius 2 is 1.88 bits per heavy atom. The molecule has 13 nitrogen and oxygen atoms in total. The fourth-order valence-electron chi connectivity index (χ4n) is 4.61. The lowest BCUT2D eigenvalue weighted by Gasteiger charge is -2.12. The largest absolute Gasteiger partial charge is 0.486 e. The predicted molar refractivity (Wildman–Crippen MR) is 158 cm³/mol. The minimum atomic E-state index is -3.15. The molecule has 0 atom stereocenters. The number of sulfone groups is 1. The van der Waals surface area contributed by atoms with Crippen LogP contribution in [0.4, 0.5) is 0 Å². The second-order valence-corrected chi connectivity index (χ2v) is 12.3. The number of nitrogens with zero attached hydrogens (tertiary/aromatic N) is 7. The fraction of sp³-hybridized carbons (Fsp3) is 0.310. The third kappa shape index (κ3) is 7.15. The van der Waals surface area contributed by atoms with Crippen LogP contribution in [0.15, 0.2) is 59.8 Å². The molecule has 43 heavy (non-hydrogen) atoms. The van der Waals surface area contributed by atoms with Gasteiger partial charge in [0, 0.05) is 36.9 Å². The first-order valence-corrected chi connectivity index (χ1v) is 15.9. The molecule has 0 bridgehead atoms. The van der Waals surface area contributed by atoms with E-state index in [1.165, 1.54) is 17.0 Å². The molecule has 0 unspecified atom stereocenters. The Labute approximate surface area is 248 Å². The van der Waals surface area contributed by atoms with Crippen LogP contribution in [0.5, 0.6) is 5.75 Å². The van der Waals surface area contributed by atoms with Crippen molar-refractivity contribution in [3.05, 3.63) is 88.0 Å². The highest BCUT2D eigenvalue weighted by Crippen LogP contribution is 2.28. The lowest BCUT2D eigenvalue weighted by molar-refractivity contribution is -0.379. The number of H-pyrrole nitrogens is 2. The summed E-state index contributed by atoms with van der Waals surface area (Å²) >= 11 is 0. The number of pyridine rings is 1. The number of hydrogen-bond donors (Lipinski definition) is 1. The van der Waals surface area contributed by atoms with Crippen molar-refractivity contribution in [3.63, 3.8) is 0 Å². The maximum atomic E-state index is 13.9. The summed E-state index contributed by atoms with van der Waals surface area (Å²) in [5.41, 5.74) is 4.38. The number of unbranched alkanes of at least 4 members (excludes halogenated alkanes) is 1. The number of hydrogen-bond acceptors (Lipinski definition) is 10. The molecule has 0 saturated heterocycles. The van der Waals surface area contributed by atoms with E-state index in [-0.39, 0.29) is 23.9 Å². The molecule has 4 heterocycles. The Hall–Kier alpha value is -4.85. The maximum Gasteiger partial charge on any atom is 0.405 e. The van der Waals surface area contributed by atoms with E-state index in [1.807, 2.05) is 36.4 Å². The minimum absolute atomic E-state index is 0.0000204. The SMILES string of the molecule is CCCCc1nc(C)n(-c2ncc(OCCS(C)(=O)=O)c[nH+]2)c(=O)c1Cc1ccc(-c2ccccc2-c2nn[nH]n2)nc1. The number of rotatable bonds is 12. The summed E-state index contributed by atoms with van der Waals surface area (Å²) in [4.78, 5) is 30.8. The molecule has 2 N–H and O–H groups in total. The van der Waals surface area contributed by atoms with Crippen LogP contribution in [0.1, 0.15) is 42.4 Å². The van der Waals surface area contributed by atoms with E-state index in [9.17, 15) is 13.2 Å². The maximum absolute atomic E-state index is 13.9. The van der Waals surface area contributed by atoms with Crippen LogP contribution < -0.4 is 15.3 Å². The zero-order chi connectivity index (χ0) is 30.4. The Kier molecular flexibility index (Phi) is 8.95. The molecule has 0 aliphatic carbocycles. The number of ether oxygens (including phenoxy) is 1. The van der Waals surface area contributed by atoms with Crippen molar-refractivity contribution in [2.45, 2.75) is 39.5 Å². The molecule has 5 aromatic rings. The normalized spacial score (nSPS) is 11.5. The van der Waals surface area contributed by atoms with Gasteiger partial charge in [0.1, 0.15) is 12.8 Å². The highest BCUT2D eigenvalue weighted by atomic mass is 32.2. The highest BCUT2D eigenvalue weighted by molar-refractivity contribution is 7.90. The average Bonchev–Trinajstić information content (AvgIpc) is 3.53. The molecule has 1 aromatic carbocycles. The summed E-state index contributed by atoms with van der Waals surface area (Å²) < 4.78 is 29.7. The van der Waals surface area contributed by atoms with E-state index < -0.39 is 9.84 Å². The number of benzene rings is 1. The fourth-order valence-corrected chi connectivity index (χ4v) is 5.00. The molecule has 0 aliphatic rings. The zero-order valence-corrected chi connectivity index (χ0v) is 24.9. The van der Waals surface area contributed by atoms with Gasteiger partial charge in [-0.15, -0.1) is 14.8 Å². The number of aryl methyl sites for hydroxylation is 2. The highest BCUT2D eigenvalue weighted by Gasteiger charge is 2.23. The van der Waals surface area contributed by atoms with Crippen molar-refractivity contribution in [2.75, 3.05) is 18.6 Å². The van der Waals surface area contributed by atoms with Gasteiger partial charge in [0.05, 0.1) is 22.7 Å². The van der Waals surface area contributed by atoms with Gasteiger partial charge in [-0.3, -0.25) is 9.78 Å². The van der Waals surface area contributed by atoms with Crippen LogP contribution in [-0.2, 0) is 22.7 Å². The van der Waals surface area contributed by atoms with E-state index in [2.05, 4.69) is 37.5 Å². The summed E-state index contributed by atoms with van der Waals surface area (Å²) in [5, 5.41) is 14.3. The third-order valence-corrected chi connectivity index (χ3v) is 7.69. The molecule has 0 fully saturated rings. The van der Waals surface area contributed by atoms with E-state index in [1.54, 1.807) is 13.1 Å². The number of nitrogens with one attached hydrogen (secondary N) is 2. The van der Waals surface area contributed by atoms with E-state index in [0.717, 1.165) is 47.2 Å². The number of aromatic amines is 2. The summed E-state index contributed by atoms with van der Waals surface area (Å²) in [7, 11) is -3.15. The molecule has 0 radical (unpaired) electrons. The zero-order valence-electron chi connectivity index (χ0n) is 24.1. The van der Waals surface area contributed by atoms with Crippen molar-refractivity contribution >= 4 is 9.84 Å². The van der Waals surface area contributed by atoms with Crippen molar-refractivity contribution in [1.29, 1.82) is 0 Å². The van der Waals surface area contributed by atoms with Gasteiger partial charge in [0.2, 0.25) is 5.82 Å². The van der Waals surface area contributed by atoms with Gasteiger partial charge >= 0.3 is 11.5 Å². The topological polar surface area (TPSA) is 173 Å². The van der Waals surface area contributed by atoms with Gasteiger partial charge in [-0.25, -0.2) is 18.4 Å². The van der Waals surface area contributed by atoms with E-state index in [0.29, 0.717) is 35.8 Å². The standard InChI is InChI=1S/C29H31N9O4S/c1-4-5-10-26-24(15-20-11-12-25(30-16-20)22-8-6-7-9-23(22)27-34-36-37-35-27)28(39)38(19(2)33-26)29-31-17-21(18-32-29)42-13-14-43(3,40)41/h6-9,11-12,16-18H,4-5,10,13-15H2,1-3H3,(H,34,35,36,37)/p+1. The van der Waals surface area contributed by atoms with Crippen molar-refractivity contribution in [2.24, 2.45) is 0 Å². The smallest absolute Gasteiger partial charge is 0.405 e. The lowest BCUT2D eigenvalue weighted by Crippen LogP contribution is -2.33. The van der Waals surface area contributed by atoms with Crippen LogP contribution in [0.25, 0.3) is 28.6 Å². The number of tetrazole rings is 1. The van der Waals surface area contributed by atoms with Gasteiger partial charge in [-0.2, -0.15) is 5.21 Å². The van der Waals surface area contributed by atoms with Crippen molar-refractivity contribution in [1.82, 2.24) is 40.1 Å². The first-order chi connectivity index (χ1) is 20.7. The quantitative estimate of drug-likeness (QED) is 0.223. The van der Waals surface area contributed by atoms with Crippen LogP contribution in [0.2, 0.25) is 0 Å². The monoisotopic (exact) mass is 602 g/mol.